The second-order valence-corrected chi connectivity index (χ2v) is 5.90. The van der Waals surface area contributed by atoms with E-state index in [0.29, 0.717) is 12.1 Å². The molecule has 2 unspecified atom stereocenters. The van der Waals surface area contributed by atoms with E-state index in [1.54, 1.807) is 0 Å². The van der Waals surface area contributed by atoms with Gasteiger partial charge in [0.25, 0.3) is 0 Å². The Kier molecular flexibility index (Phi) is 3.80. The number of fused-ring (bicyclic) bond motifs is 1. The highest BCUT2D eigenvalue weighted by atomic mass is 15.3. The molecule has 1 aliphatic heterocycles. The van der Waals surface area contributed by atoms with Crippen LogP contribution in [0.4, 0.5) is 5.82 Å². The molecule has 0 bridgehead atoms. The lowest BCUT2D eigenvalue weighted by Crippen LogP contribution is -2.34. The molecule has 3 heterocycles. The van der Waals surface area contributed by atoms with Crippen LogP contribution in [0.5, 0.6) is 0 Å². The predicted octanol–water partition coefficient (Wildman–Crippen LogP) is 2.17. The van der Waals surface area contributed by atoms with Gasteiger partial charge in [0, 0.05) is 26.2 Å². The average Bonchev–Trinajstić information content (AvgIpc) is 3.03. The SMILES string of the molecule is CCC1CCC(C)N1Cc1nc(NC)c2cnn(C)c2n1. The molecule has 114 valence electrons. The third-order valence-corrected chi connectivity index (χ3v) is 4.62. The van der Waals surface area contributed by atoms with Gasteiger partial charge in [0.05, 0.1) is 18.1 Å². The first kappa shape index (κ1) is 14.3. The minimum absolute atomic E-state index is 0.610. The van der Waals surface area contributed by atoms with Crippen LogP contribution in [0.25, 0.3) is 11.0 Å². The van der Waals surface area contributed by atoms with Gasteiger partial charge in [-0.05, 0) is 26.2 Å². The van der Waals surface area contributed by atoms with Crippen LogP contribution in [0.2, 0.25) is 0 Å². The van der Waals surface area contributed by atoms with E-state index in [4.69, 9.17) is 4.98 Å². The van der Waals surface area contributed by atoms with Gasteiger partial charge < -0.3 is 5.32 Å². The van der Waals surface area contributed by atoms with Crippen molar-refractivity contribution in [2.75, 3.05) is 12.4 Å². The smallest absolute Gasteiger partial charge is 0.163 e. The van der Waals surface area contributed by atoms with E-state index in [9.17, 15) is 0 Å². The lowest BCUT2D eigenvalue weighted by Gasteiger charge is -2.26. The molecule has 0 radical (unpaired) electrons. The number of likely N-dealkylation sites (tertiary alicyclic amines) is 1. The summed E-state index contributed by atoms with van der Waals surface area (Å²) in [6.45, 7) is 5.38. The summed E-state index contributed by atoms with van der Waals surface area (Å²) in [4.78, 5) is 11.9. The van der Waals surface area contributed by atoms with Crippen molar-refractivity contribution in [1.29, 1.82) is 0 Å². The molecule has 6 nitrogen and oxygen atoms in total. The number of aromatic nitrogens is 4. The zero-order valence-corrected chi connectivity index (χ0v) is 13.3. The third kappa shape index (κ3) is 2.48. The first-order valence-electron chi connectivity index (χ1n) is 7.76. The van der Waals surface area contributed by atoms with E-state index in [1.807, 2.05) is 25.0 Å². The number of rotatable bonds is 4. The summed E-state index contributed by atoms with van der Waals surface area (Å²) in [7, 11) is 3.82. The molecule has 6 heteroatoms. The summed E-state index contributed by atoms with van der Waals surface area (Å²) >= 11 is 0. The van der Waals surface area contributed by atoms with Crippen molar-refractivity contribution < 1.29 is 0 Å². The molecule has 21 heavy (non-hydrogen) atoms. The van der Waals surface area contributed by atoms with Gasteiger partial charge in [-0.1, -0.05) is 6.92 Å². The van der Waals surface area contributed by atoms with Crippen molar-refractivity contribution in [2.24, 2.45) is 7.05 Å². The van der Waals surface area contributed by atoms with Crippen LogP contribution in [0.3, 0.4) is 0 Å². The van der Waals surface area contributed by atoms with Crippen LogP contribution in [-0.4, -0.2) is 43.8 Å². The van der Waals surface area contributed by atoms with Crippen molar-refractivity contribution >= 4 is 16.9 Å². The number of aryl methyl sites for hydroxylation is 1. The van der Waals surface area contributed by atoms with Crippen molar-refractivity contribution in [1.82, 2.24) is 24.6 Å². The second kappa shape index (κ2) is 5.60. The highest BCUT2D eigenvalue weighted by Gasteiger charge is 2.30. The van der Waals surface area contributed by atoms with Crippen LogP contribution < -0.4 is 5.32 Å². The Morgan fingerprint density at radius 2 is 2.14 bits per heavy atom. The van der Waals surface area contributed by atoms with Crippen LogP contribution in [0.1, 0.15) is 38.9 Å². The molecule has 0 spiro atoms. The summed E-state index contributed by atoms with van der Waals surface area (Å²) < 4.78 is 1.81. The molecule has 1 fully saturated rings. The molecule has 2 aromatic rings. The topological polar surface area (TPSA) is 58.9 Å². The summed E-state index contributed by atoms with van der Waals surface area (Å²) in [6.07, 6.45) is 5.56. The van der Waals surface area contributed by atoms with E-state index in [0.717, 1.165) is 29.2 Å². The number of hydrogen-bond acceptors (Lipinski definition) is 5. The predicted molar refractivity (Wildman–Crippen MR) is 84.2 cm³/mol. The highest BCUT2D eigenvalue weighted by molar-refractivity contribution is 5.86. The summed E-state index contributed by atoms with van der Waals surface area (Å²) in [5, 5.41) is 8.42. The van der Waals surface area contributed by atoms with Crippen molar-refractivity contribution in [2.45, 2.75) is 51.7 Å². The average molecular weight is 288 g/mol. The van der Waals surface area contributed by atoms with Gasteiger partial charge in [-0.2, -0.15) is 5.10 Å². The number of hydrogen-bond donors (Lipinski definition) is 1. The lowest BCUT2D eigenvalue weighted by atomic mass is 10.1. The van der Waals surface area contributed by atoms with Gasteiger partial charge in [-0.3, -0.25) is 9.58 Å². The molecule has 2 aromatic heterocycles. The standard InChI is InChI=1S/C15H24N6/c1-5-11-7-6-10(2)21(11)9-13-18-14(16-3)12-8-17-20(4)15(12)19-13/h8,10-11H,5-7,9H2,1-4H3,(H,16,18,19). The second-order valence-electron chi connectivity index (χ2n) is 5.90. The van der Waals surface area contributed by atoms with Crippen LogP contribution in [0, 0.1) is 0 Å². The molecule has 0 amide bonds. The fourth-order valence-corrected chi connectivity index (χ4v) is 3.34. The molecular weight excluding hydrogens is 264 g/mol. The summed E-state index contributed by atoms with van der Waals surface area (Å²) in [6, 6.07) is 1.27. The monoisotopic (exact) mass is 288 g/mol. The van der Waals surface area contributed by atoms with Gasteiger partial charge >= 0.3 is 0 Å². The van der Waals surface area contributed by atoms with E-state index >= 15 is 0 Å². The highest BCUT2D eigenvalue weighted by Crippen LogP contribution is 2.28. The number of anilines is 1. The van der Waals surface area contributed by atoms with Gasteiger partial charge in [-0.25, -0.2) is 9.97 Å². The Hall–Kier alpha value is -1.69. The quantitative estimate of drug-likeness (QED) is 0.934. The Morgan fingerprint density at radius 3 is 2.86 bits per heavy atom. The lowest BCUT2D eigenvalue weighted by molar-refractivity contribution is 0.185. The Labute approximate surface area is 125 Å². The first-order valence-corrected chi connectivity index (χ1v) is 7.76. The van der Waals surface area contributed by atoms with Gasteiger partial charge in [0.15, 0.2) is 5.65 Å². The molecule has 1 saturated heterocycles. The minimum atomic E-state index is 0.610. The number of nitrogens with one attached hydrogen (secondary N) is 1. The van der Waals surface area contributed by atoms with E-state index in [2.05, 4.69) is 34.1 Å². The van der Waals surface area contributed by atoms with Crippen LogP contribution in [-0.2, 0) is 13.6 Å². The molecule has 1 N–H and O–H groups in total. The van der Waals surface area contributed by atoms with Crippen molar-refractivity contribution in [3.63, 3.8) is 0 Å². The normalized spacial score (nSPS) is 23.0. The van der Waals surface area contributed by atoms with Crippen molar-refractivity contribution in [3.8, 4) is 0 Å². The van der Waals surface area contributed by atoms with E-state index < -0.39 is 0 Å². The Morgan fingerprint density at radius 1 is 1.33 bits per heavy atom. The molecule has 0 saturated carbocycles. The van der Waals surface area contributed by atoms with E-state index in [-0.39, 0.29) is 0 Å². The minimum Gasteiger partial charge on any atom is -0.372 e. The molecule has 2 atom stereocenters. The zero-order valence-electron chi connectivity index (χ0n) is 13.3. The van der Waals surface area contributed by atoms with Crippen LogP contribution >= 0.6 is 0 Å². The Bertz CT molecular complexity index is 634. The van der Waals surface area contributed by atoms with Gasteiger partial charge in [-0.15, -0.1) is 0 Å². The molecule has 3 rings (SSSR count). The molecular formula is C15H24N6. The summed E-state index contributed by atoms with van der Waals surface area (Å²) in [5.41, 5.74) is 0.893. The fraction of sp³-hybridized carbons (Fsp3) is 0.667. The van der Waals surface area contributed by atoms with E-state index in [1.165, 1.54) is 19.3 Å². The molecule has 0 aromatic carbocycles. The van der Waals surface area contributed by atoms with Crippen molar-refractivity contribution in [3.05, 3.63) is 12.0 Å². The van der Waals surface area contributed by atoms with Gasteiger partial charge in [0.2, 0.25) is 0 Å². The maximum atomic E-state index is 4.72. The maximum absolute atomic E-state index is 4.72. The van der Waals surface area contributed by atoms with Crippen LogP contribution in [0.15, 0.2) is 6.20 Å². The Balaban J connectivity index is 1.95. The fourth-order valence-electron chi connectivity index (χ4n) is 3.34. The number of nitrogens with zero attached hydrogens (tertiary/aromatic N) is 5. The van der Waals surface area contributed by atoms with Gasteiger partial charge in [0.1, 0.15) is 11.6 Å². The third-order valence-electron chi connectivity index (χ3n) is 4.62. The largest absolute Gasteiger partial charge is 0.372 e. The summed E-state index contributed by atoms with van der Waals surface area (Å²) in [5.74, 6) is 1.74. The zero-order chi connectivity index (χ0) is 15.0. The molecule has 1 aliphatic rings. The maximum Gasteiger partial charge on any atom is 0.163 e. The molecule has 0 aliphatic carbocycles. The first-order chi connectivity index (χ1) is 10.1.